The molecule has 5 heteroatoms. The second-order valence-corrected chi connectivity index (χ2v) is 10.4. The van der Waals surface area contributed by atoms with Crippen molar-refractivity contribution >= 4 is 17.2 Å². The van der Waals surface area contributed by atoms with Crippen LogP contribution in [0.25, 0.3) is 0 Å². The molecule has 5 rings (SSSR count). The fourth-order valence-corrected chi connectivity index (χ4v) is 6.04. The molecule has 3 aliphatic heterocycles. The van der Waals surface area contributed by atoms with Crippen molar-refractivity contribution in [3.63, 3.8) is 0 Å². The molecule has 4 nitrogen and oxygen atoms in total. The maximum atomic E-state index is 13.8. The van der Waals surface area contributed by atoms with Crippen LogP contribution >= 0.6 is 0 Å². The number of piperidine rings is 2. The lowest BCUT2D eigenvalue weighted by Gasteiger charge is -2.41. The van der Waals surface area contributed by atoms with E-state index in [9.17, 15) is 4.39 Å². The minimum atomic E-state index is -0.148. The van der Waals surface area contributed by atoms with Gasteiger partial charge in [0.05, 0.1) is 12.1 Å². The van der Waals surface area contributed by atoms with Gasteiger partial charge in [0.15, 0.2) is 0 Å². The minimum Gasteiger partial charge on any atom is -0.371 e. The Morgan fingerprint density at radius 2 is 1.54 bits per heavy atom. The smallest absolute Gasteiger partial charge is 0.130 e. The Kier molecular flexibility index (Phi) is 9.67. The second-order valence-electron chi connectivity index (χ2n) is 10.4. The van der Waals surface area contributed by atoms with Gasteiger partial charge in [-0.3, -0.25) is 0 Å². The molecule has 1 aromatic heterocycles. The third kappa shape index (κ3) is 6.68. The molecule has 3 fully saturated rings. The van der Waals surface area contributed by atoms with Crippen molar-refractivity contribution in [2.75, 3.05) is 40.9 Å². The van der Waals surface area contributed by atoms with Crippen LogP contribution in [-0.4, -0.2) is 43.2 Å². The number of fused-ring (bicyclic) bond motifs is 1. The zero-order chi connectivity index (χ0) is 24.5. The van der Waals surface area contributed by atoms with Crippen molar-refractivity contribution in [3.05, 3.63) is 48.4 Å². The largest absolute Gasteiger partial charge is 0.371 e. The summed E-state index contributed by atoms with van der Waals surface area (Å²) in [7, 11) is 0. The number of anilines is 3. The summed E-state index contributed by atoms with van der Waals surface area (Å²) in [6.07, 6.45) is 16.3. The van der Waals surface area contributed by atoms with Gasteiger partial charge in [-0.15, -0.1) is 0 Å². The van der Waals surface area contributed by atoms with Gasteiger partial charge < -0.3 is 14.7 Å². The minimum absolute atomic E-state index is 0.148. The van der Waals surface area contributed by atoms with Crippen LogP contribution in [0.15, 0.2) is 42.6 Å². The van der Waals surface area contributed by atoms with Crippen molar-refractivity contribution in [1.82, 2.24) is 4.98 Å². The average Bonchev–Trinajstić information content (AvgIpc) is 3.34. The van der Waals surface area contributed by atoms with E-state index < -0.39 is 0 Å². The van der Waals surface area contributed by atoms with E-state index in [0.717, 1.165) is 50.5 Å². The van der Waals surface area contributed by atoms with Crippen LogP contribution in [-0.2, 0) is 0 Å². The summed E-state index contributed by atoms with van der Waals surface area (Å²) >= 11 is 0. The molecule has 2 unspecified atom stereocenters. The molecule has 0 spiro atoms. The first-order chi connectivity index (χ1) is 17.2. The molecule has 35 heavy (non-hydrogen) atoms. The second kappa shape index (κ2) is 13.1. The highest BCUT2D eigenvalue weighted by Gasteiger charge is 2.41. The van der Waals surface area contributed by atoms with Crippen molar-refractivity contribution in [1.29, 1.82) is 0 Å². The van der Waals surface area contributed by atoms with Crippen LogP contribution < -0.4 is 14.7 Å². The Balaban J connectivity index is 0.000000364. The molecule has 0 N–H and O–H groups in total. The van der Waals surface area contributed by atoms with Crippen LogP contribution in [0.3, 0.4) is 0 Å². The van der Waals surface area contributed by atoms with E-state index >= 15 is 0 Å². The van der Waals surface area contributed by atoms with Gasteiger partial charge in [-0.1, -0.05) is 52.0 Å². The molecule has 4 heterocycles. The van der Waals surface area contributed by atoms with Gasteiger partial charge in [-0.2, -0.15) is 0 Å². The number of pyridine rings is 1. The standard InChI is InChI=1S/C23H29FN4.C7H16/c24-18-6-4-7-20(16-18)27-14-5-8-21-22(27)10-15-28(21)23-17-19(9-11-25-23)26-12-2-1-3-13-26;1-3-5-7-6-4-2/h4,6-7,9,11,16-17,21-22H,1-3,5,8,10,12-15H2;3-7H2,1-2H3. The molecule has 3 saturated heterocycles. The fraction of sp³-hybridized carbons (Fsp3) is 0.633. The van der Waals surface area contributed by atoms with E-state index in [-0.39, 0.29) is 5.82 Å². The number of nitrogens with zero attached hydrogens (tertiary/aromatic N) is 4. The van der Waals surface area contributed by atoms with Crippen LogP contribution in [0.5, 0.6) is 0 Å². The summed E-state index contributed by atoms with van der Waals surface area (Å²) in [5.74, 6) is 0.960. The predicted octanol–water partition coefficient (Wildman–Crippen LogP) is 7.44. The average molecular weight is 481 g/mol. The summed E-state index contributed by atoms with van der Waals surface area (Å²) < 4.78 is 13.8. The molecular formula is C30H45FN4. The van der Waals surface area contributed by atoms with Crippen molar-refractivity contribution < 1.29 is 4.39 Å². The quantitative estimate of drug-likeness (QED) is 0.384. The third-order valence-corrected chi connectivity index (χ3v) is 7.90. The Hall–Kier alpha value is -2.30. The van der Waals surface area contributed by atoms with E-state index in [1.165, 1.54) is 69.5 Å². The highest BCUT2D eigenvalue weighted by Crippen LogP contribution is 2.37. The van der Waals surface area contributed by atoms with Crippen LogP contribution in [0, 0.1) is 5.82 Å². The van der Waals surface area contributed by atoms with Gasteiger partial charge in [-0.25, -0.2) is 9.37 Å². The van der Waals surface area contributed by atoms with Crippen molar-refractivity contribution in [2.45, 2.75) is 96.6 Å². The van der Waals surface area contributed by atoms with E-state index in [2.05, 4.69) is 40.7 Å². The Morgan fingerprint density at radius 3 is 2.29 bits per heavy atom. The van der Waals surface area contributed by atoms with Gasteiger partial charge in [0, 0.05) is 49.8 Å². The SMILES string of the molecule is CCCCCCC.Fc1cccc(N2CCCC3C2CCN3c2cc(N3CCCCC3)ccn2)c1. The number of halogens is 1. The van der Waals surface area contributed by atoms with E-state index in [0.29, 0.717) is 12.1 Å². The summed E-state index contributed by atoms with van der Waals surface area (Å²) in [6, 6.07) is 12.4. The van der Waals surface area contributed by atoms with Crippen molar-refractivity contribution in [2.24, 2.45) is 0 Å². The molecular weight excluding hydrogens is 435 g/mol. The molecule has 192 valence electrons. The van der Waals surface area contributed by atoms with Gasteiger partial charge in [0.1, 0.15) is 11.6 Å². The van der Waals surface area contributed by atoms with Crippen LogP contribution in [0.2, 0.25) is 0 Å². The van der Waals surface area contributed by atoms with Gasteiger partial charge >= 0.3 is 0 Å². The lowest BCUT2D eigenvalue weighted by Crippen LogP contribution is -2.50. The van der Waals surface area contributed by atoms with Crippen molar-refractivity contribution in [3.8, 4) is 0 Å². The topological polar surface area (TPSA) is 22.6 Å². The number of benzene rings is 1. The molecule has 1 aromatic carbocycles. The summed E-state index contributed by atoms with van der Waals surface area (Å²) in [5, 5.41) is 0. The molecule has 0 saturated carbocycles. The maximum Gasteiger partial charge on any atom is 0.130 e. The molecule has 3 aliphatic rings. The zero-order valence-corrected chi connectivity index (χ0v) is 22.0. The van der Waals surface area contributed by atoms with E-state index in [1.807, 2.05) is 18.3 Å². The van der Waals surface area contributed by atoms with E-state index in [1.54, 1.807) is 6.07 Å². The molecule has 0 aliphatic carbocycles. The Morgan fingerprint density at radius 1 is 0.771 bits per heavy atom. The summed E-state index contributed by atoms with van der Waals surface area (Å²) in [6.45, 7) is 8.84. The van der Waals surface area contributed by atoms with Crippen LogP contribution in [0.1, 0.15) is 84.5 Å². The zero-order valence-electron chi connectivity index (χ0n) is 22.0. The third-order valence-electron chi connectivity index (χ3n) is 7.90. The molecule has 0 radical (unpaired) electrons. The van der Waals surface area contributed by atoms with Crippen LogP contribution in [0.4, 0.5) is 21.6 Å². The highest BCUT2D eigenvalue weighted by molar-refractivity contribution is 5.58. The first-order valence-electron chi connectivity index (χ1n) is 14.2. The molecule has 0 bridgehead atoms. The Bertz CT molecular complexity index is 893. The van der Waals surface area contributed by atoms with E-state index in [4.69, 9.17) is 4.98 Å². The first-order valence-corrected chi connectivity index (χ1v) is 14.2. The van der Waals surface area contributed by atoms with Gasteiger partial charge in [-0.05, 0) is 62.8 Å². The lowest BCUT2D eigenvalue weighted by atomic mass is 9.96. The molecule has 0 amide bonds. The number of hydrogen-bond acceptors (Lipinski definition) is 4. The fourth-order valence-electron chi connectivity index (χ4n) is 6.04. The molecule has 2 atom stereocenters. The first kappa shape index (κ1) is 25.8. The monoisotopic (exact) mass is 480 g/mol. The van der Waals surface area contributed by atoms with Gasteiger partial charge in [0.2, 0.25) is 0 Å². The normalized spacial score (nSPS) is 22.0. The summed E-state index contributed by atoms with van der Waals surface area (Å²) in [4.78, 5) is 12.2. The maximum absolute atomic E-state index is 13.8. The Labute approximate surface area is 212 Å². The number of aromatic nitrogens is 1. The molecule has 2 aromatic rings. The number of unbranched alkanes of at least 4 members (excludes halogenated alkanes) is 4. The predicted molar refractivity (Wildman–Crippen MR) is 147 cm³/mol. The number of hydrogen-bond donors (Lipinski definition) is 0. The summed E-state index contributed by atoms with van der Waals surface area (Å²) in [5.41, 5.74) is 2.33. The van der Waals surface area contributed by atoms with Gasteiger partial charge in [0.25, 0.3) is 0 Å². The highest BCUT2D eigenvalue weighted by atomic mass is 19.1. The number of rotatable bonds is 7. The lowest BCUT2D eigenvalue weighted by molar-refractivity contribution is 0.432.